The normalized spacial score (nSPS) is 10.6. The number of benzene rings is 1. The number of hydrogen-bond acceptors (Lipinski definition) is 2. The predicted octanol–water partition coefficient (Wildman–Crippen LogP) is 4.33. The van der Waals surface area contributed by atoms with Gasteiger partial charge in [-0.15, -0.1) is 0 Å². The van der Waals surface area contributed by atoms with Gasteiger partial charge in [0.05, 0.1) is 5.69 Å². The Morgan fingerprint density at radius 3 is 2.95 bits per heavy atom. The highest BCUT2D eigenvalue weighted by Gasteiger charge is 2.05. The smallest absolute Gasteiger partial charge is 0.314 e. The van der Waals surface area contributed by atoms with Crippen molar-refractivity contribution < 1.29 is 9.18 Å². The van der Waals surface area contributed by atoms with Crippen molar-refractivity contribution >= 4 is 40.7 Å². The molecule has 0 spiro atoms. The van der Waals surface area contributed by atoms with E-state index in [1.807, 2.05) is 16.8 Å². The van der Waals surface area contributed by atoms with E-state index < -0.39 is 11.8 Å². The van der Waals surface area contributed by atoms with E-state index in [0.717, 1.165) is 5.56 Å². The standard InChI is InChI=1S/C13H10ClFN2OS/c14-10-1-2-11(15)12(7-10)17-13(18)16-5-3-9-4-6-19-8-9/h1-8H,(H2,16,17,18)/b5-3+. The van der Waals surface area contributed by atoms with Crippen LogP contribution in [0, 0.1) is 5.82 Å². The summed E-state index contributed by atoms with van der Waals surface area (Å²) in [6, 6.07) is 5.33. The van der Waals surface area contributed by atoms with Crippen LogP contribution in [0.25, 0.3) is 6.08 Å². The quantitative estimate of drug-likeness (QED) is 0.869. The summed E-state index contributed by atoms with van der Waals surface area (Å²) < 4.78 is 13.4. The molecule has 19 heavy (non-hydrogen) atoms. The van der Waals surface area contributed by atoms with Crippen molar-refractivity contribution in [3.8, 4) is 0 Å². The van der Waals surface area contributed by atoms with Gasteiger partial charge in [0.2, 0.25) is 0 Å². The Balaban J connectivity index is 1.92. The summed E-state index contributed by atoms with van der Waals surface area (Å²) in [4.78, 5) is 11.5. The Labute approximate surface area is 118 Å². The fourth-order valence-electron chi connectivity index (χ4n) is 1.34. The zero-order valence-corrected chi connectivity index (χ0v) is 11.3. The van der Waals surface area contributed by atoms with Crippen molar-refractivity contribution in [3.63, 3.8) is 0 Å². The van der Waals surface area contributed by atoms with E-state index in [1.54, 1.807) is 17.4 Å². The lowest BCUT2D eigenvalue weighted by atomic mass is 10.3. The van der Waals surface area contributed by atoms with Gasteiger partial charge in [-0.25, -0.2) is 9.18 Å². The third-order valence-corrected chi connectivity index (χ3v) is 3.15. The van der Waals surface area contributed by atoms with Gasteiger partial charge in [0.15, 0.2) is 0 Å². The minimum absolute atomic E-state index is 0.0360. The Morgan fingerprint density at radius 2 is 2.21 bits per heavy atom. The monoisotopic (exact) mass is 296 g/mol. The highest BCUT2D eigenvalue weighted by atomic mass is 35.5. The molecule has 0 saturated carbocycles. The molecule has 1 heterocycles. The van der Waals surface area contributed by atoms with Crippen LogP contribution < -0.4 is 10.6 Å². The van der Waals surface area contributed by atoms with Crippen LogP contribution in [0.3, 0.4) is 0 Å². The maximum absolute atomic E-state index is 13.4. The van der Waals surface area contributed by atoms with Gasteiger partial charge in [-0.05, 0) is 46.7 Å². The van der Waals surface area contributed by atoms with Gasteiger partial charge in [0.25, 0.3) is 0 Å². The van der Waals surface area contributed by atoms with Gasteiger partial charge in [0.1, 0.15) is 5.82 Å². The summed E-state index contributed by atoms with van der Waals surface area (Å²) in [5.74, 6) is -0.540. The molecule has 3 nitrogen and oxygen atoms in total. The molecule has 0 bridgehead atoms. The first-order valence-corrected chi connectivity index (χ1v) is 6.68. The zero-order chi connectivity index (χ0) is 13.7. The molecule has 2 rings (SSSR count). The fraction of sp³-hybridized carbons (Fsp3) is 0. The van der Waals surface area contributed by atoms with Gasteiger partial charge in [-0.3, -0.25) is 0 Å². The molecule has 98 valence electrons. The minimum Gasteiger partial charge on any atom is -0.314 e. The maximum Gasteiger partial charge on any atom is 0.323 e. The lowest BCUT2D eigenvalue weighted by Gasteiger charge is -2.06. The average Bonchev–Trinajstić information content (AvgIpc) is 2.87. The number of thiophene rings is 1. The molecule has 2 amide bonds. The second-order valence-electron chi connectivity index (χ2n) is 3.61. The van der Waals surface area contributed by atoms with E-state index in [1.165, 1.54) is 24.4 Å². The van der Waals surface area contributed by atoms with Crippen molar-refractivity contribution in [2.75, 3.05) is 5.32 Å². The number of halogens is 2. The van der Waals surface area contributed by atoms with E-state index in [-0.39, 0.29) is 5.69 Å². The van der Waals surface area contributed by atoms with Gasteiger partial charge < -0.3 is 10.6 Å². The molecule has 0 radical (unpaired) electrons. The van der Waals surface area contributed by atoms with Crippen molar-refractivity contribution in [3.05, 3.63) is 57.6 Å². The molecule has 0 fully saturated rings. The van der Waals surface area contributed by atoms with E-state index in [2.05, 4.69) is 10.6 Å². The summed E-state index contributed by atoms with van der Waals surface area (Å²) in [6.07, 6.45) is 3.23. The van der Waals surface area contributed by atoms with E-state index in [9.17, 15) is 9.18 Å². The first-order valence-electron chi connectivity index (χ1n) is 5.36. The zero-order valence-electron chi connectivity index (χ0n) is 9.69. The molecule has 0 atom stereocenters. The van der Waals surface area contributed by atoms with Crippen LogP contribution in [0.15, 0.2) is 41.2 Å². The predicted molar refractivity (Wildman–Crippen MR) is 76.9 cm³/mol. The highest BCUT2D eigenvalue weighted by Crippen LogP contribution is 2.19. The van der Waals surface area contributed by atoms with Crippen LogP contribution in [0.1, 0.15) is 5.56 Å². The fourth-order valence-corrected chi connectivity index (χ4v) is 2.14. The Kier molecular flexibility index (Phi) is 4.54. The molecule has 0 aliphatic rings. The van der Waals surface area contributed by atoms with Gasteiger partial charge in [-0.1, -0.05) is 11.6 Å². The number of amides is 2. The highest BCUT2D eigenvalue weighted by molar-refractivity contribution is 7.08. The van der Waals surface area contributed by atoms with E-state index >= 15 is 0 Å². The Bertz CT molecular complexity index is 599. The summed E-state index contributed by atoms with van der Waals surface area (Å²) >= 11 is 7.28. The molecule has 1 aromatic carbocycles. The van der Waals surface area contributed by atoms with Gasteiger partial charge in [0, 0.05) is 11.2 Å². The number of hydrogen-bond donors (Lipinski definition) is 2. The number of carbonyl (C=O) groups is 1. The second kappa shape index (κ2) is 6.36. The van der Waals surface area contributed by atoms with E-state index in [0.29, 0.717) is 5.02 Å². The Morgan fingerprint density at radius 1 is 1.37 bits per heavy atom. The molecule has 1 aromatic heterocycles. The summed E-state index contributed by atoms with van der Waals surface area (Å²) in [7, 11) is 0. The summed E-state index contributed by atoms with van der Waals surface area (Å²) in [5, 5.41) is 9.07. The van der Waals surface area contributed by atoms with Crippen LogP contribution in [-0.4, -0.2) is 6.03 Å². The molecule has 2 aromatic rings. The molecule has 2 N–H and O–H groups in total. The van der Waals surface area contributed by atoms with Crippen LogP contribution in [0.5, 0.6) is 0 Å². The number of rotatable bonds is 3. The third-order valence-electron chi connectivity index (χ3n) is 2.21. The third kappa shape index (κ3) is 4.08. The number of anilines is 1. The largest absolute Gasteiger partial charge is 0.323 e. The number of urea groups is 1. The van der Waals surface area contributed by atoms with Crippen molar-refractivity contribution in [1.29, 1.82) is 0 Å². The lowest BCUT2D eigenvalue weighted by Crippen LogP contribution is -2.24. The molecule has 0 unspecified atom stereocenters. The minimum atomic E-state index is -0.540. The summed E-state index contributed by atoms with van der Waals surface area (Å²) in [6.45, 7) is 0. The lowest BCUT2D eigenvalue weighted by molar-refractivity contribution is 0.255. The average molecular weight is 297 g/mol. The molecule has 0 saturated heterocycles. The SMILES string of the molecule is O=C(N/C=C/c1ccsc1)Nc1cc(Cl)ccc1F. The van der Waals surface area contributed by atoms with Crippen molar-refractivity contribution in [2.45, 2.75) is 0 Å². The number of carbonyl (C=O) groups excluding carboxylic acids is 1. The second-order valence-corrected chi connectivity index (χ2v) is 4.83. The van der Waals surface area contributed by atoms with Crippen molar-refractivity contribution in [2.24, 2.45) is 0 Å². The van der Waals surface area contributed by atoms with Gasteiger partial charge in [-0.2, -0.15) is 11.3 Å². The van der Waals surface area contributed by atoms with Crippen molar-refractivity contribution in [1.82, 2.24) is 5.32 Å². The topological polar surface area (TPSA) is 41.1 Å². The van der Waals surface area contributed by atoms with E-state index in [4.69, 9.17) is 11.6 Å². The molecule has 6 heteroatoms. The van der Waals surface area contributed by atoms with Crippen LogP contribution in [-0.2, 0) is 0 Å². The molecular formula is C13H10ClFN2OS. The molecule has 0 aliphatic carbocycles. The van der Waals surface area contributed by atoms with Crippen LogP contribution in [0.2, 0.25) is 5.02 Å². The molecular weight excluding hydrogens is 287 g/mol. The summed E-state index contributed by atoms with van der Waals surface area (Å²) in [5.41, 5.74) is 1.02. The van der Waals surface area contributed by atoms with Crippen LogP contribution in [0.4, 0.5) is 14.9 Å². The first kappa shape index (κ1) is 13.6. The maximum atomic E-state index is 13.4. The Hall–Kier alpha value is -1.85. The first-order chi connectivity index (χ1) is 9.15. The van der Waals surface area contributed by atoms with Crippen LogP contribution >= 0.6 is 22.9 Å². The molecule has 0 aliphatic heterocycles. The van der Waals surface area contributed by atoms with Gasteiger partial charge >= 0.3 is 6.03 Å². The number of nitrogens with one attached hydrogen (secondary N) is 2.